The number of anilines is 1. The molecule has 24 heavy (non-hydrogen) atoms. The third-order valence-corrected chi connectivity index (χ3v) is 5.21. The summed E-state index contributed by atoms with van der Waals surface area (Å²) >= 11 is 1.39. The van der Waals surface area contributed by atoms with E-state index in [1.54, 1.807) is 0 Å². The standard InChI is InChI=1S/C19H24N2O2S/c1-4-5-6-14-7-9-15(10-8-14)11-16(22)21-19-17(18(20)23)12(2)13(3)24-19/h7-10H,4-6,11H2,1-3H3,(H2,20,23)(H,21,22). The Morgan fingerprint density at radius 1 is 1.12 bits per heavy atom. The van der Waals surface area contributed by atoms with Crippen LogP contribution in [0.15, 0.2) is 24.3 Å². The molecule has 2 aromatic rings. The van der Waals surface area contributed by atoms with Gasteiger partial charge in [-0.1, -0.05) is 37.6 Å². The average molecular weight is 344 g/mol. The number of hydrogen-bond donors (Lipinski definition) is 2. The number of unbranched alkanes of at least 4 members (excludes halogenated alkanes) is 1. The molecule has 2 amide bonds. The van der Waals surface area contributed by atoms with Crippen LogP contribution in [-0.4, -0.2) is 11.8 Å². The molecule has 0 bridgehead atoms. The fraction of sp³-hybridized carbons (Fsp3) is 0.368. The average Bonchev–Trinajstić information content (AvgIpc) is 2.80. The molecule has 128 valence electrons. The SMILES string of the molecule is CCCCc1ccc(CC(=O)Nc2sc(C)c(C)c2C(N)=O)cc1. The van der Waals surface area contributed by atoms with E-state index in [9.17, 15) is 9.59 Å². The largest absolute Gasteiger partial charge is 0.365 e. The normalized spacial score (nSPS) is 10.6. The lowest BCUT2D eigenvalue weighted by molar-refractivity contribution is -0.115. The van der Waals surface area contributed by atoms with Crippen LogP contribution in [0.4, 0.5) is 5.00 Å². The van der Waals surface area contributed by atoms with Crippen molar-refractivity contribution in [1.82, 2.24) is 0 Å². The lowest BCUT2D eigenvalue weighted by Crippen LogP contribution is -2.18. The quantitative estimate of drug-likeness (QED) is 0.797. The first-order valence-electron chi connectivity index (χ1n) is 8.19. The van der Waals surface area contributed by atoms with Gasteiger partial charge in [0.05, 0.1) is 12.0 Å². The van der Waals surface area contributed by atoms with Crippen LogP contribution in [0.1, 0.15) is 51.7 Å². The van der Waals surface area contributed by atoms with Crippen molar-refractivity contribution < 1.29 is 9.59 Å². The number of rotatable bonds is 7. The van der Waals surface area contributed by atoms with Gasteiger partial charge in [-0.25, -0.2) is 0 Å². The molecular formula is C19H24N2O2S. The Labute approximate surface area is 147 Å². The van der Waals surface area contributed by atoms with Crippen molar-refractivity contribution in [3.05, 3.63) is 51.4 Å². The zero-order chi connectivity index (χ0) is 17.7. The number of nitrogens with two attached hydrogens (primary N) is 1. The van der Waals surface area contributed by atoms with Gasteiger partial charge in [0.1, 0.15) is 5.00 Å². The zero-order valence-corrected chi connectivity index (χ0v) is 15.3. The van der Waals surface area contributed by atoms with Gasteiger partial charge in [0, 0.05) is 4.88 Å². The number of aryl methyl sites for hydroxylation is 2. The summed E-state index contributed by atoms with van der Waals surface area (Å²) < 4.78 is 0. The molecule has 0 saturated heterocycles. The maximum Gasteiger partial charge on any atom is 0.251 e. The van der Waals surface area contributed by atoms with Crippen LogP contribution in [0, 0.1) is 13.8 Å². The molecule has 0 aliphatic rings. The number of hydrogen-bond acceptors (Lipinski definition) is 3. The summed E-state index contributed by atoms with van der Waals surface area (Å²) in [6.45, 7) is 5.93. The molecule has 0 saturated carbocycles. The molecule has 5 heteroatoms. The lowest BCUT2D eigenvalue weighted by Gasteiger charge is -2.06. The maximum atomic E-state index is 12.3. The molecule has 0 aliphatic carbocycles. The first kappa shape index (κ1) is 18.2. The van der Waals surface area contributed by atoms with Crippen LogP contribution in [0.25, 0.3) is 0 Å². The molecule has 3 N–H and O–H groups in total. The molecule has 2 rings (SSSR count). The van der Waals surface area contributed by atoms with Crippen molar-refractivity contribution in [2.45, 2.75) is 46.5 Å². The van der Waals surface area contributed by atoms with Gasteiger partial charge in [-0.3, -0.25) is 9.59 Å². The highest BCUT2D eigenvalue weighted by Crippen LogP contribution is 2.32. The minimum absolute atomic E-state index is 0.139. The zero-order valence-electron chi connectivity index (χ0n) is 14.4. The summed E-state index contributed by atoms with van der Waals surface area (Å²) in [6.07, 6.45) is 3.69. The van der Waals surface area contributed by atoms with E-state index < -0.39 is 5.91 Å². The molecule has 0 spiro atoms. The number of carbonyl (C=O) groups is 2. The van der Waals surface area contributed by atoms with Crippen molar-refractivity contribution in [3.63, 3.8) is 0 Å². The summed E-state index contributed by atoms with van der Waals surface area (Å²) in [5, 5.41) is 3.37. The fourth-order valence-corrected chi connectivity index (χ4v) is 3.65. The van der Waals surface area contributed by atoms with Crippen LogP contribution in [0.3, 0.4) is 0 Å². The van der Waals surface area contributed by atoms with Gasteiger partial charge in [0.25, 0.3) is 5.91 Å². The minimum Gasteiger partial charge on any atom is -0.365 e. The van der Waals surface area contributed by atoms with E-state index in [0.717, 1.165) is 22.4 Å². The van der Waals surface area contributed by atoms with Crippen LogP contribution in [0.5, 0.6) is 0 Å². The van der Waals surface area contributed by atoms with Gasteiger partial charge in [-0.2, -0.15) is 0 Å². The summed E-state index contributed by atoms with van der Waals surface area (Å²) in [6, 6.07) is 8.13. The van der Waals surface area contributed by atoms with Crippen molar-refractivity contribution in [2.75, 3.05) is 5.32 Å². The van der Waals surface area contributed by atoms with Gasteiger partial charge in [0.15, 0.2) is 0 Å². The van der Waals surface area contributed by atoms with E-state index in [2.05, 4.69) is 24.4 Å². The lowest BCUT2D eigenvalue weighted by atomic mass is 10.0. The first-order valence-corrected chi connectivity index (χ1v) is 9.01. The second-order valence-electron chi connectivity index (χ2n) is 6.00. The molecule has 1 aromatic carbocycles. The van der Waals surface area contributed by atoms with Gasteiger partial charge in [-0.15, -0.1) is 11.3 Å². The smallest absolute Gasteiger partial charge is 0.251 e. The van der Waals surface area contributed by atoms with Gasteiger partial charge in [0.2, 0.25) is 5.91 Å². The highest BCUT2D eigenvalue weighted by Gasteiger charge is 2.18. The number of carbonyl (C=O) groups excluding carboxylic acids is 2. The fourth-order valence-electron chi connectivity index (χ4n) is 2.57. The second kappa shape index (κ2) is 8.11. The van der Waals surface area contributed by atoms with Crippen LogP contribution in [-0.2, 0) is 17.6 Å². The van der Waals surface area contributed by atoms with Crippen molar-refractivity contribution in [3.8, 4) is 0 Å². The molecule has 4 nitrogen and oxygen atoms in total. The molecule has 0 aliphatic heterocycles. The highest BCUT2D eigenvalue weighted by atomic mass is 32.1. The number of benzene rings is 1. The summed E-state index contributed by atoms with van der Waals surface area (Å²) in [5.41, 5.74) is 8.93. The van der Waals surface area contributed by atoms with Crippen molar-refractivity contribution >= 4 is 28.2 Å². The van der Waals surface area contributed by atoms with Gasteiger partial charge >= 0.3 is 0 Å². The molecule has 0 atom stereocenters. The second-order valence-corrected chi connectivity index (χ2v) is 7.22. The number of amides is 2. The topological polar surface area (TPSA) is 72.2 Å². The third-order valence-electron chi connectivity index (χ3n) is 4.09. The van der Waals surface area contributed by atoms with Crippen LogP contribution >= 0.6 is 11.3 Å². The third kappa shape index (κ3) is 4.45. The van der Waals surface area contributed by atoms with E-state index in [-0.39, 0.29) is 12.3 Å². The van der Waals surface area contributed by atoms with E-state index in [4.69, 9.17) is 5.73 Å². The summed E-state index contributed by atoms with van der Waals surface area (Å²) in [7, 11) is 0. The molecule has 0 unspecified atom stereocenters. The maximum absolute atomic E-state index is 12.3. The van der Waals surface area contributed by atoms with E-state index in [0.29, 0.717) is 10.6 Å². The molecule has 0 radical (unpaired) electrons. The Morgan fingerprint density at radius 2 is 1.75 bits per heavy atom. The Morgan fingerprint density at radius 3 is 2.33 bits per heavy atom. The minimum atomic E-state index is -0.507. The van der Waals surface area contributed by atoms with Crippen molar-refractivity contribution in [1.29, 1.82) is 0 Å². The van der Waals surface area contributed by atoms with Gasteiger partial charge < -0.3 is 11.1 Å². The van der Waals surface area contributed by atoms with Crippen LogP contribution in [0.2, 0.25) is 0 Å². The first-order chi connectivity index (χ1) is 11.4. The molecule has 0 fully saturated rings. The number of primary amides is 1. The van der Waals surface area contributed by atoms with Crippen LogP contribution < -0.4 is 11.1 Å². The predicted octanol–water partition coefficient (Wildman–Crippen LogP) is 3.99. The highest BCUT2D eigenvalue weighted by molar-refractivity contribution is 7.16. The molecule has 1 aromatic heterocycles. The predicted molar refractivity (Wildman–Crippen MR) is 99.7 cm³/mol. The van der Waals surface area contributed by atoms with E-state index in [1.165, 1.54) is 29.7 Å². The summed E-state index contributed by atoms with van der Waals surface area (Å²) in [4.78, 5) is 24.9. The van der Waals surface area contributed by atoms with Gasteiger partial charge in [-0.05, 0) is 43.4 Å². The van der Waals surface area contributed by atoms with E-state index >= 15 is 0 Å². The molecule has 1 heterocycles. The Kier molecular flexibility index (Phi) is 6.15. The number of nitrogens with one attached hydrogen (secondary N) is 1. The Bertz CT molecular complexity index is 733. The monoisotopic (exact) mass is 344 g/mol. The molecular weight excluding hydrogens is 320 g/mol. The number of thiophene rings is 1. The Hall–Kier alpha value is -2.14. The summed E-state index contributed by atoms with van der Waals surface area (Å²) in [5.74, 6) is -0.646. The van der Waals surface area contributed by atoms with Crippen molar-refractivity contribution in [2.24, 2.45) is 5.73 Å². The van der Waals surface area contributed by atoms with E-state index in [1.807, 2.05) is 26.0 Å². The Balaban J connectivity index is 2.03.